The van der Waals surface area contributed by atoms with Gasteiger partial charge in [-0.25, -0.2) is 8.42 Å². The van der Waals surface area contributed by atoms with Crippen LogP contribution in [-0.2, 0) is 32.6 Å². The standard InChI is InChI=1S/C30H36BrN3O4S/c1-4-32-30(36)28(21-24-13-6-5-7-14-24)33(22-25-15-10-16-26(31)20-25)29(35)18-11-19-34(39(3,37)38)27-17-9-8-12-23(27)2/h5-10,12-17,20,28H,4,11,18-19,21-22H2,1-3H3,(H,32,36)/t28-/m1/s1. The Morgan fingerprint density at radius 3 is 2.26 bits per heavy atom. The second-order valence-corrected chi connectivity index (χ2v) is 12.3. The van der Waals surface area contributed by atoms with E-state index in [9.17, 15) is 18.0 Å². The van der Waals surface area contributed by atoms with E-state index in [0.29, 0.717) is 25.1 Å². The Hall–Kier alpha value is -3.17. The van der Waals surface area contributed by atoms with Crippen molar-refractivity contribution >= 4 is 43.5 Å². The number of aryl methyl sites for hydroxylation is 1. The second-order valence-electron chi connectivity index (χ2n) is 9.48. The van der Waals surface area contributed by atoms with Gasteiger partial charge in [-0.1, -0.05) is 76.6 Å². The van der Waals surface area contributed by atoms with Gasteiger partial charge < -0.3 is 10.2 Å². The van der Waals surface area contributed by atoms with Crippen LogP contribution in [0.4, 0.5) is 5.69 Å². The number of carbonyl (C=O) groups is 2. The Morgan fingerprint density at radius 2 is 1.62 bits per heavy atom. The predicted molar refractivity (Wildman–Crippen MR) is 160 cm³/mol. The summed E-state index contributed by atoms with van der Waals surface area (Å²) in [7, 11) is -3.55. The molecule has 3 aromatic rings. The summed E-state index contributed by atoms with van der Waals surface area (Å²) in [5.74, 6) is -0.428. The van der Waals surface area contributed by atoms with Crippen molar-refractivity contribution in [3.05, 3.63) is 100 Å². The number of rotatable bonds is 13. The summed E-state index contributed by atoms with van der Waals surface area (Å²) in [5.41, 5.74) is 3.27. The second kappa shape index (κ2) is 14.3. The third-order valence-corrected chi connectivity index (χ3v) is 8.07. The van der Waals surface area contributed by atoms with Crippen molar-refractivity contribution in [2.45, 2.75) is 45.7 Å². The summed E-state index contributed by atoms with van der Waals surface area (Å²) in [4.78, 5) is 28.7. The number of anilines is 1. The Bertz CT molecular complexity index is 1370. The summed E-state index contributed by atoms with van der Waals surface area (Å²) in [6.07, 6.45) is 1.94. The van der Waals surface area contributed by atoms with Gasteiger partial charge >= 0.3 is 0 Å². The predicted octanol–water partition coefficient (Wildman–Crippen LogP) is 5.08. The Morgan fingerprint density at radius 1 is 0.949 bits per heavy atom. The molecule has 1 N–H and O–H groups in total. The van der Waals surface area contributed by atoms with Gasteiger partial charge in [0.2, 0.25) is 21.8 Å². The fourth-order valence-electron chi connectivity index (χ4n) is 4.50. The molecule has 0 saturated heterocycles. The maximum absolute atomic E-state index is 13.8. The van der Waals surface area contributed by atoms with Gasteiger partial charge in [-0.2, -0.15) is 0 Å². The van der Waals surface area contributed by atoms with E-state index in [1.165, 1.54) is 10.6 Å². The van der Waals surface area contributed by atoms with Crippen LogP contribution in [0.3, 0.4) is 0 Å². The summed E-state index contributed by atoms with van der Waals surface area (Å²) in [6.45, 7) is 4.57. The molecule has 1 atom stereocenters. The smallest absolute Gasteiger partial charge is 0.243 e. The van der Waals surface area contributed by atoms with Crippen molar-refractivity contribution in [3.8, 4) is 0 Å². The summed E-state index contributed by atoms with van der Waals surface area (Å²) < 4.78 is 27.5. The number of amides is 2. The van der Waals surface area contributed by atoms with Gasteiger partial charge in [0.05, 0.1) is 11.9 Å². The number of carbonyl (C=O) groups excluding carboxylic acids is 2. The molecule has 0 aromatic heterocycles. The zero-order valence-corrected chi connectivity index (χ0v) is 25.0. The molecule has 0 saturated carbocycles. The quantitative estimate of drug-likeness (QED) is 0.291. The molecule has 0 fully saturated rings. The number of nitrogens with zero attached hydrogens (tertiary/aromatic N) is 2. The van der Waals surface area contributed by atoms with Gasteiger partial charge in [0.1, 0.15) is 6.04 Å². The van der Waals surface area contributed by atoms with Crippen LogP contribution in [0.25, 0.3) is 0 Å². The molecule has 39 heavy (non-hydrogen) atoms. The third-order valence-electron chi connectivity index (χ3n) is 6.40. The van der Waals surface area contributed by atoms with Crippen molar-refractivity contribution in [1.29, 1.82) is 0 Å². The molecule has 0 heterocycles. The van der Waals surface area contributed by atoms with Crippen LogP contribution in [0.1, 0.15) is 36.5 Å². The molecule has 7 nitrogen and oxygen atoms in total. The fourth-order valence-corrected chi connectivity index (χ4v) is 5.97. The number of benzene rings is 3. The first-order chi connectivity index (χ1) is 18.6. The summed E-state index contributed by atoms with van der Waals surface area (Å²) >= 11 is 3.49. The van der Waals surface area contributed by atoms with Crippen molar-refractivity contribution < 1.29 is 18.0 Å². The minimum Gasteiger partial charge on any atom is -0.355 e. The minimum atomic E-state index is -3.55. The lowest BCUT2D eigenvalue weighted by Gasteiger charge is -2.32. The van der Waals surface area contributed by atoms with Crippen molar-refractivity contribution in [2.75, 3.05) is 23.7 Å². The number of sulfonamides is 1. The minimum absolute atomic E-state index is 0.0938. The summed E-state index contributed by atoms with van der Waals surface area (Å²) in [5, 5.41) is 2.89. The zero-order valence-electron chi connectivity index (χ0n) is 22.6. The van der Waals surface area contributed by atoms with Gasteiger partial charge in [0.25, 0.3) is 0 Å². The molecular weight excluding hydrogens is 578 g/mol. The number of hydrogen-bond acceptors (Lipinski definition) is 4. The fraction of sp³-hybridized carbons (Fsp3) is 0.333. The molecule has 0 bridgehead atoms. The van der Waals surface area contributed by atoms with Gasteiger partial charge in [0, 0.05) is 36.9 Å². The molecule has 0 aliphatic carbocycles. The van der Waals surface area contributed by atoms with E-state index in [1.807, 2.05) is 80.6 Å². The molecule has 0 radical (unpaired) electrons. The summed E-state index contributed by atoms with van der Waals surface area (Å²) in [6, 6.07) is 23.8. The highest BCUT2D eigenvalue weighted by Gasteiger charge is 2.30. The molecule has 0 aliphatic heterocycles. The average molecular weight is 615 g/mol. The lowest BCUT2D eigenvalue weighted by atomic mass is 10.0. The molecule has 2 amide bonds. The van der Waals surface area contributed by atoms with E-state index < -0.39 is 16.1 Å². The molecular formula is C30H36BrN3O4S. The normalized spacial score (nSPS) is 12.0. The highest BCUT2D eigenvalue weighted by molar-refractivity contribution is 9.10. The topological polar surface area (TPSA) is 86.8 Å². The van der Waals surface area contributed by atoms with Crippen LogP contribution in [-0.4, -0.2) is 50.5 Å². The number of para-hydroxylation sites is 1. The SMILES string of the molecule is CCNC(=O)[C@@H](Cc1ccccc1)N(Cc1cccc(Br)c1)C(=O)CCCN(c1ccccc1C)S(C)(=O)=O. The van der Waals surface area contributed by atoms with Gasteiger partial charge in [-0.3, -0.25) is 13.9 Å². The monoisotopic (exact) mass is 613 g/mol. The highest BCUT2D eigenvalue weighted by atomic mass is 79.9. The van der Waals surface area contributed by atoms with Crippen LogP contribution in [0.15, 0.2) is 83.3 Å². The van der Waals surface area contributed by atoms with Gasteiger partial charge in [0.15, 0.2) is 0 Å². The number of likely N-dealkylation sites (N-methyl/N-ethyl adjacent to an activating group) is 1. The first kappa shape index (κ1) is 30.4. The van der Waals surface area contributed by atoms with Crippen molar-refractivity contribution in [1.82, 2.24) is 10.2 Å². The first-order valence-electron chi connectivity index (χ1n) is 13.0. The molecule has 3 aromatic carbocycles. The number of hydrogen-bond donors (Lipinski definition) is 1. The van der Waals surface area contributed by atoms with Crippen LogP contribution in [0.5, 0.6) is 0 Å². The molecule has 0 spiro atoms. The van der Waals surface area contributed by atoms with Gasteiger partial charge in [-0.15, -0.1) is 0 Å². The van der Waals surface area contributed by atoms with Gasteiger partial charge in [-0.05, 0) is 55.2 Å². The zero-order chi connectivity index (χ0) is 28.4. The van der Waals surface area contributed by atoms with E-state index >= 15 is 0 Å². The number of halogens is 1. The largest absolute Gasteiger partial charge is 0.355 e. The Balaban J connectivity index is 1.87. The first-order valence-corrected chi connectivity index (χ1v) is 15.6. The maximum Gasteiger partial charge on any atom is 0.243 e. The van der Waals surface area contributed by atoms with Crippen LogP contribution in [0, 0.1) is 6.92 Å². The van der Waals surface area contributed by atoms with E-state index in [1.54, 1.807) is 17.0 Å². The Kier molecular flexibility index (Phi) is 11.1. The van der Waals surface area contributed by atoms with Crippen LogP contribution < -0.4 is 9.62 Å². The lowest BCUT2D eigenvalue weighted by molar-refractivity contribution is -0.141. The van der Waals surface area contributed by atoms with Crippen molar-refractivity contribution in [3.63, 3.8) is 0 Å². The molecule has 3 rings (SSSR count). The van der Waals surface area contributed by atoms with E-state index in [2.05, 4.69) is 21.2 Å². The molecule has 9 heteroatoms. The van der Waals surface area contributed by atoms with Crippen LogP contribution in [0.2, 0.25) is 0 Å². The highest BCUT2D eigenvalue weighted by Crippen LogP contribution is 2.23. The average Bonchev–Trinajstić information content (AvgIpc) is 2.89. The van der Waals surface area contributed by atoms with E-state index in [-0.39, 0.29) is 31.3 Å². The number of nitrogens with one attached hydrogen (secondary N) is 1. The van der Waals surface area contributed by atoms with Crippen molar-refractivity contribution in [2.24, 2.45) is 0 Å². The van der Waals surface area contributed by atoms with E-state index in [4.69, 9.17) is 0 Å². The maximum atomic E-state index is 13.8. The lowest BCUT2D eigenvalue weighted by Crippen LogP contribution is -2.50. The molecule has 208 valence electrons. The molecule has 0 unspecified atom stereocenters. The van der Waals surface area contributed by atoms with Crippen LogP contribution >= 0.6 is 15.9 Å². The Labute approximate surface area is 240 Å². The third kappa shape index (κ3) is 8.93. The molecule has 0 aliphatic rings. The van der Waals surface area contributed by atoms with E-state index in [0.717, 1.165) is 21.2 Å².